The molecule has 0 radical (unpaired) electrons. The molecular formula is C13H21FN4. The summed E-state index contributed by atoms with van der Waals surface area (Å²) in [6, 6.07) is 0. The maximum Gasteiger partial charge on any atom is 0.186 e. The second-order valence-electron chi connectivity index (χ2n) is 5.25. The average molecular weight is 252 g/mol. The van der Waals surface area contributed by atoms with Crippen LogP contribution >= 0.6 is 0 Å². The third-order valence-corrected chi connectivity index (χ3v) is 3.69. The van der Waals surface area contributed by atoms with Crippen molar-refractivity contribution < 1.29 is 4.39 Å². The Labute approximate surface area is 107 Å². The van der Waals surface area contributed by atoms with E-state index in [1.165, 1.54) is 6.33 Å². The number of hydrogen-bond donors (Lipinski definition) is 2. The summed E-state index contributed by atoms with van der Waals surface area (Å²) in [5, 5.41) is 6.48. The van der Waals surface area contributed by atoms with Crippen molar-refractivity contribution in [3.05, 3.63) is 17.8 Å². The second-order valence-corrected chi connectivity index (χ2v) is 5.25. The predicted molar refractivity (Wildman–Crippen MR) is 70.1 cm³/mol. The molecule has 0 aromatic carbocycles. The third-order valence-electron chi connectivity index (χ3n) is 3.69. The van der Waals surface area contributed by atoms with Crippen LogP contribution in [0.1, 0.15) is 32.4 Å². The van der Waals surface area contributed by atoms with Gasteiger partial charge in [-0.25, -0.2) is 14.4 Å². The average Bonchev–Trinajstić information content (AvgIpc) is 2.38. The van der Waals surface area contributed by atoms with Crippen LogP contribution < -0.4 is 10.6 Å². The van der Waals surface area contributed by atoms with Crippen LogP contribution in [-0.2, 0) is 6.42 Å². The SMILES string of the molecule is CCc1ncnc(NCC2(C)CCNCC2)c1F. The lowest BCUT2D eigenvalue weighted by molar-refractivity contribution is 0.247. The van der Waals surface area contributed by atoms with E-state index >= 15 is 0 Å². The molecule has 2 heterocycles. The number of aromatic nitrogens is 2. The molecule has 1 aliphatic heterocycles. The number of hydrogen-bond acceptors (Lipinski definition) is 4. The van der Waals surface area contributed by atoms with Crippen LogP contribution in [0.2, 0.25) is 0 Å². The topological polar surface area (TPSA) is 49.8 Å². The van der Waals surface area contributed by atoms with E-state index in [-0.39, 0.29) is 11.2 Å². The van der Waals surface area contributed by atoms with Gasteiger partial charge < -0.3 is 10.6 Å². The van der Waals surface area contributed by atoms with E-state index in [1.807, 2.05) is 6.92 Å². The zero-order valence-electron chi connectivity index (χ0n) is 11.1. The van der Waals surface area contributed by atoms with Crippen molar-refractivity contribution in [1.82, 2.24) is 15.3 Å². The van der Waals surface area contributed by atoms with Gasteiger partial charge in [-0.1, -0.05) is 13.8 Å². The molecule has 5 heteroatoms. The normalized spacial score (nSPS) is 18.6. The molecule has 0 unspecified atom stereocenters. The monoisotopic (exact) mass is 252 g/mol. The van der Waals surface area contributed by atoms with Crippen LogP contribution in [0.4, 0.5) is 10.2 Å². The van der Waals surface area contributed by atoms with Gasteiger partial charge >= 0.3 is 0 Å². The van der Waals surface area contributed by atoms with E-state index in [0.717, 1.165) is 32.5 Å². The Kier molecular flexibility index (Phi) is 4.11. The van der Waals surface area contributed by atoms with Gasteiger partial charge in [0.05, 0.1) is 5.69 Å². The Morgan fingerprint density at radius 1 is 1.39 bits per heavy atom. The molecule has 0 bridgehead atoms. The van der Waals surface area contributed by atoms with Gasteiger partial charge in [0.1, 0.15) is 6.33 Å². The van der Waals surface area contributed by atoms with Gasteiger partial charge in [0.25, 0.3) is 0 Å². The van der Waals surface area contributed by atoms with Crippen molar-refractivity contribution in [2.75, 3.05) is 25.0 Å². The molecule has 4 nitrogen and oxygen atoms in total. The lowest BCUT2D eigenvalue weighted by Crippen LogP contribution is -2.39. The van der Waals surface area contributed by atoms with E-state index in [0.29, 0.717) is 17.9 Å². The van der Waals surface area contributed by atoms with Crippen LogP contribution in [-0.4, -0.2) is 29.6 Å². The molecule has 0 amide bonds. The molecule has 1 aliphatic rings. The summed E-state index contributed by atoms with van der Waals surface area (Å²) in [7, 11) is 0. The highest BCUT2D eigenvalue weighted by molar-refractivity contribution is 5.37. The molecule has 0 atom stereocenters. The maximum atomic E-state index is 14.0. The number of nitrogens with zero attached hydrogens (tertiary/aromatic N) is 2. The van der Waals surface area contributed by atoms with E-state index in [4.69, 9.17) is 0 Å². The fourth-order valence-electron chi connectivity index (χ4n) is 2.28. The summed E-state index contributed by atoms with van der Waals surface area (Å²) in [5.74, 6) is 0.0270. The zero-order valence-corrected chi connectivity index (χ0v) is 11.1. The first-order chi connectivity index (χ1) is 8.64. The van der Waals surface area contributed by atoms with E-state index < -0.39 is 0 Å². The van der Waals surface area contributed by atoms with Gasteiger partial charge in [-0.2, -0.15) is 0 Å². The molecule has 0 aliphatic carbocycles. The lowest BCUT2D eigenvalue weighted by Gasteiger charge is -2.34. The van der Waals surface area contributed by atoms with Crippen LogP contribution in [0, 0.1) is 11.2 Å². The van der Waals surface area contributed by atoms with Gasteiger partial charge in [0, 0.05) is 6.54 Å². The highest BCUT2D eigenvalue weighted by Crippen LogP contribution is 2.28. The van der Waals surface area contributed by atoms with Gasteiger partial charge in [0.2, 0.25) is 0 Å². The third kappa shape index (κ3) is 2.96. The van der Waals surface area contributed by atoms with Crippen molar-refractivity contribution in [2.45, 2.75) is 33.1 Å². The molecule has 100 valence electrons. The molecule has 1 fully saturated rings. The highest BCUT2D eigenvalue weighted by atomic mass is 19.1. The van der Waals surface area contributed by atoms with Crippen molar-refractivity contribution >= 4 is 5.82 Å². The van der Waals surface area contributed by atoms with Gasteiger partial charge in [0.15, 0.2) is 11.6 Å². The first-order valence-electron chi connectivity index (χ1n) is 6.58. The Balaban J connectivity index is 2.01. The number of anilines is 1. The minimum atomic E-state index is -0.308. The first kappa shape index (κ1) is 13.2. The standard InChI is InChI=1S/C13H21FN4/c1-3-10-11(14)12(18-9-17-10)16-8-13(2)4-6-15-7-5-13/h9,15H,3-8H2,1-2H3,(H,16,17,18). The van der Waals surface area contributed by atoms with E-state index in [2.05, 4.69) is 27.5 Å². The van der Waals surface area contributed by atoms with Crippen molar-refractivity contribution in [3.8, 4) is 0 Å². The van der Waals surface area contributed by atoms with Crippen molar-refractivity contribution in [2.24, 2.45) is 5.41 Å². The summed E-state index contributed by atoms with van der Waals surface area (Å²) in [4.78, 5) is 7.92. The fraction of sp³-hybridized carbons (Fsp3) is 0.692. The quantitative estimate of drug-likeness (QED) is 0.860. The molecule has 1 saturated heterocycles. The molecule has 0 saturated carbocycles. The minimum absolute atomic E-state index is 0.217. The summed E-state index contributed by atoms with van der Waals surface area (Å²) >= 11 is 0. The Hall–Kier alpha value is -1.23. The number of aryl methyl sites for hydroxylation is 1. The minimum Gasteiger partial charge on any atom is -0.367 e. The Morgan fingerprint density at radius 2 is 2.11 bits per heavy atom. The molecule has 1 aromatic heterocycles. The molecule has 0 spiro atoms. The molecule has 2 N–H and O–H groups in total. The number of piperidine rings is 1. The molecule has 2 rings (SSSR count). The van der Waals surface area contributed by atoms with Crippen molar-refractivity contribution in [1.29, 1.82) is 0 Å². The molecular weight excluding hydrogens is 231 g/mol. The fourth-order valence-corrected chi connectivity index (χ4v) is 2.28. The van der Waals surface area contributed by atoms with Crippen LogP contribution in [0.5, 0.6) is 0 Å². The smallest absolute Gasteiger partial charge is 0.186 e. The van der Waals surface area contributed by atoms with Crippen LogP contribution in [0.15, 0.2) is 6.33 Å². The van der Waals surface area contributed by atoms with E-state index in [9.17, 15) is 4.39 Å². The Morgan fingerprint density at radius 3 is 2.78 bits per heavy atom. The first-order valence-corrected chi connectivity index (χ1v) is 6.58. The second kappa shape index (κ2) is 5.61. The number of halogens is 1. The summed E-state index contributed by atoms with van der Waals surface area (Å²) < 4.78 is 14.0. The Bertz CT molecular complexity index is 402. The van der Waals surface area contributed by atoms with Gasteiger partial charge in [-0.3, -0.25) is 0 Å². The van der Waals surface area contributed by atoms with Crippen molar-refractivity contribution in [3.63, 3.8) is 0 Å². The predicted octanol–water partition coefficient (Wildman–Crippen LogP) is 1.98. The number of rotatable bonds is 4. The molecule has 18 heavy (non-hydrogen) atoms. The summed E-state index contributed by atoms with van der Waals surface area (Å²) in [6.07, 6.45) is 4.22. The van der Waals surface area contributed by atoms with Gasteiger partial charge in [-0.15, -0.1) is 0 Å². The lowest BCUT2D eigenvalue weighted by atomic mass is 9.81. The number of nitrogens with one attached hydrogen (secondary N) is 2. The highest BCUT2D eigenvalue weighted by Gasteiger charge is 2.26. The molecule has 1 aromatic rings. The van der Waals surface area contributed by atoms with Gasteiger partial charge in [-0.05, 0) is 37.8 Å². The summed E-state index contributed by atoms with van der Waals surface area (Å²) in [5.41, 5.74) is 0.692. The van der Waals surface area contributed by atoms with Crippen LogP contribution in [0.25, 0.3) is 0 Å². The summed E-state index contributed by atoms with van der Waals surface area (Å²) in [6.45, 7) is 6.95. The van der Waals surface area contributed by atoms with Crippen LogP contribution in [0.3, 0.4) is 0 Å². The zero-order chi connectivity index (χ0) is 13.0. The maximum absolute atomic E-state index is 14.0. The largest absolute Gasteiger partial charge is 0.367 e. The van der Waals surface area contributed by atoms with E-state index in [1.54, 1.807) is 0 Å².